The number of hydrogen-bond donors (Lipinski definition) is 0. The Kier molecular flexibility index (Phi) is 5.75. The van der Waals surface area contributed by atoms with E-state index >= 15 is 0 Å². The first kappa shape index (κ1) is 17.5. The molecule has 1 fully saturated rings. The average molecular weight is 362 g/mol. The van der Waals surface area contributed by atoms with Crippen LogP contribution in [-0.4, -0.2) is 41.5 Å². The number of benzene rings is 1. The number of carbonyl (C=O) groups excluding carboxylic acids is 2. The van der Waals surface area contributed by atoms with Crippen molar-refractivity contribution >= 4 is 23.2 Å². The monoisotopic (exact) mass is 362 g/mol. The molecule has 1 aromatic carbocycles. The number of esters is 1. The minimum Gasteiger partial charge on any atom is -0.451 e. The van der Waals surface area contributed by atoms with Gasteiger partial charge >= 0.3 is 5.97 Å². The Bertz CT molecular complexity index is 737. The van der Waals surface area contributed by atoms with Gasteiger partial charge in [-0.05, 0) is 37.1 Å². The summed E-state index contributed by atoms with van der Waals surface area (Å²) in [5, 5.41) is 2.18. The maximum atomic E-state index is 13.0. The van der Waals surface area contributed by atoms with Crippen molar-refractivity contribution in [2.45, 2.75) is 25.7 Å². The van der Waals surface area contributed by atoms with Crippen molar-refractivity contribution in [2.75, 3.05) is 19.7 Å². The van der Waals surface area contributed by atoms with Gasteiger partial charge in [-0.15, -0.1) is 11.3 Å². The van der Waals surface area contributed by atoms with E-state index in [0.29, 0.717) is 5.01 Å². The van der Waals surface area contributed by atoms with Crippen LogP contribution in [0.2, 0.25) is 0 Å². The predicted octanol–water partition coefficient (Wildman–Crippen LogP) is 3.51. The molecule has 2 aromatic rings. The zero-order valence-corrected chi connectivity index (χ0v) is 14.6. The molecule has 2 heterocycles. The summed E-state index contributed by atoms with van der Waals surface area (Å²) in [7, 11) is 0. The molecule has 0 spiro atoms. The highest BCUT2D eigenvalue weighted by molar-refractivity contribution is 7.13. The summed E-state index contributed by atoms with van der Waals surface area (Å²) in [4.78, 5) is 30.2. The molecule has 0 aliphatic carbocycles. The largest absolute Gasteiger partial charge is 0.451 e. The lowest BCUT2D eigenvalue weighted by molar-refractivity contribution is -0.134. The van der Waals surface area contributed by atoms with Gasteiger partial charge in [0.05, 0.1) is 0 Å². The second kappa shape index (κ2) is 8.20. The fraction of sp³-hybridized carbons (Fsp3) is 0.389. The number of thiazole rings is 1. The van der Waals surface area contributed by atoms with Crippen molar-refractivity contribution in [2.24, 2.45) is 0 Å². The summed E-state index contributed by atoms with van der Waals surface area (Å²) in [6.07, 6.45) is 4.25. The smallest absolute Gasteiger partial charge is 0.358 e. The van der Waals surface area contributed by atoms with Gasteiger partial charge in [-0.3, -0.25) is 4.79 Å². The Morgan fingerprint density at radius 1 is 1.12 bits per heavy atom. The van der Waals surface area contributed by atoms with Gasteiger partial charge in [0, 0.05) is 24.0 Å². The van der Waals surface area contributed by atoms with E-state index in [0.717, 1.165) is 44.3 Å². The van der Waals surface area contributed by atoms with E-state index in [-0.39, 0.29) is 24.0 Å². The predicted molar refractivity (Wildman–Crippen MR) is 92.8 cm³/mol. The van der Waals surface area contributed by atoms with E-state index in [9.17, 15) is 14.0 Å². The van der Waals surface area contributed by atoms with Gasteiger partial charge in [-0.25, -0.2) is 14.2 Å². The van der Waals surface area contributed by atoms with Gasteiger partial charge in [0.1, 0.15) is 10.8 Å². The Morgan fingerprint density at radius 2 is 1.80 bits per heavy atom. The maximum absolute atomic E-state index is 13.0. The fourth-order valence-corrected chi connectivity index (χ4v) is 3.50. The molecule has 1 aromatic heterocycles. The van der Waals surface area contributed by atoms with Crippen LogP contribution in [0.3, 0.4) is 0 Å². The van der Waals surface area contributed by atoms with Gasteiger partial charge in [0.15, 0.2) is 12.3 Å². The molecule has 1 aliphatic rings. The van der Waals surface area contributed by atoms with Crippen LogP contribution in [-0.2, 0) is 9.53 Å². The fourth-order valence-electron chi connectivity index (χ4n) is 2.71. The summed E-state index contributed by atoms with van der Waals surface area (Å²) in [5.74, 6) is -1.11. The lowest BCUT2D eigenvalue weighted by Crippen LogP contribution is -2.35. The first-order valence-corrected chi connectivity index (χ1v) is 9.18. The molecule has 1 saturated heterocycles. The normalized spacial score (nSPS) is 14.8. The molecule has 132 valence electrons. The van der Waals surface area contributed by atoms with Gasteiger partial charge in [-0.1, -0.05) is 12.8 Å². The molecular formula is C18H19FN2O3S. The number of nitrogens with zero attached hydrogens (tertiary/aromatic N) is 2. The number of likely N-dealkylation sites (tertiary alicyclic amines) is 1. The van der Waals surface area contributed by atoms with Crippen LogP contribution in [0, 0.1) is 5.82 Å². The van der Waals surface area contributed by atoms with Crippen LogP contribution >= 0.6 is 11.3 Å². The van der Waals surface area contributed by atoms with Gasteiger partial charge in [0.2, 0.25) is 0 Å². The minimum absolute atomic E-state index is 0.160. The topological polar surface area (TPSA) is 59.5 Å². The summed E-state index contributed by atoms with van der Waals surface area (Å²) in [6, 6.07) is 5.89. The summed E-state index contributed by atoms with van der Waals surface area (Å²) in [6.45, 7) is 1.19. The summed E-state index contributed by atoms with van der Waals surface area (Å²) < 4.78 is 18.1. The second-order valence-corrected chi connectivity index (χ2v) is 6.77. The second-order valence-electron chi connectivity index (χ2n) is 5.92. The standard InChI is InChI=1S/C18H19FN2O3S/c19-14-7-5-13(6-8-14)17-20-15(12-25-17)18(23)24-11-16(22)21-9-3-1-2-4-10-21/h5-8,12H,1-4,9-11H2. The molecule has 5 nitrogen and oxygen atoms in total. The summed E-state index contributed by atoms with van der Waals surface area (Å²) in [5.41, 5.74) is 0.888. The van der Waals surface area contributed by atoms with Crippen LogP contribution in [0.25, 0.3) is 10.6 Å². The molecule has 0 bridgehead atoms. The SMILES string of the molecule is O=C(OCC(=O)N1CCCCCC1)c1csc(-c2ccc(F)cc2)n1. The Morgan fingerprint density at radius 3 is 2.48 bits per heavy atom. The summed E-state index contributed by atoms with van der Waals surface area (Å²) >= 11 is 1.27. The Hall–Kier alpha value is -2.28. The number of halogens is 1. The minimum atomic E-state index is -0.618. The third kappa shape index (κ3) is 4.63. The van der Waals surface area contributed by atoms with Gasteiger partial charge in [0.25, 0.3) is 5.91 Å². The number of amides is 1. The van der Waals surface area contributed by atoms with Crippen molar-refractivity contribution in [1.82, 2.24) is 9.88 Å². The average Bonchev–Trinajstić information content (AvgIpc) is 2.95. The van der Waals surface area contributed by atoms with E-state index in [1.165, 1.54) is 23.5 Å². The molecule has 1 amide bonds. The lowest BCUT2D eigenvalue weighted by atomic mass is 10.2. The van der Waals surface area contributed by atoms with Gasteiger partial charge in [-0.2, -0.15) is 0 Å². The van der Waals surface area contributed by atoms with E-state index < -0.39 is 5.97 Å². The molecule has 0 atom stereocenters. The van der Waals surface area contributed by atoms with E-state index in [1.807, 2.05) is 0 Å². The van der Waals surface area contributed by atoms with Crippen molar-refractivity contribution in [3.05, 3.63) is 41.2 Å². The number of carbonyl (C=O) groups is 2. The van der Waals surface area contributed by atoms with Crippen LogP contribution < -0.4 is 0 Å². The first-order valence-electron chi connectivity index (χ1n) is 8.30. The molecule has 3 rings (SSSR count). The van der Waals surface area contributed by atoms with Crippen molar-refractivity contribution < 1.29 is 18.7 Å². The van der Waals surface area contributed by atoms with E-state index in [1.54, 1.807) is 22.4 Å². The van der Waals surface area contributed by atoms with Crippen LogP contribution in [0.4, 0.5) is 4.39 Å². The lowest BCUT2D eigenvalue weighted by Gasteiger charge is -2.19. The first-order chi connectivity index (χ1) is 12.1. The maximum Gasteiger partial charge on any atom is 0.358 e. The van der Waals surface area contributed by atoms with Crippen LogP contribution in [0.5, 0.6) is 0 Å². The third-order valence-electron chi connectivity index (χ3n) is 4.09. The highest BCUT2D eigenvalue weighted by atomic mass is 32.1. The molecule has 1 aliphatic heterocycles. The molecular weight excluding hydrogens is 343 g/mol. The molecule has 7 heteroatoms. The molecule has 0 saturated carbocycles. The molecule has 0 N–H and O–H groups in total. The third-order valence-corrected chi connectivity index (χ3v) is 4.98. The van der Waals surface area contributed by atoms with E-state index in [4.69, 9.17) is 4.74 Å². The van der Waals surface area contributed by atoms with Crippen molar-refractivity contribution in [3.63, 3.8) is 0 Å². The number of rotatable bonds is 4. The van der Waals surface area contributed by atoms with Crippen LogP contribution in [0.1, 0.15) is 36.2 Å². The molecule has 0 radical (unpaired) electrons. The molecule has 0 unspecified atom stereocenters. The Balaban J connectivity index is 1.56. The van der Waals surface area contributed by atoms with Crippen molar-refractivity contribution in [3.8, 4) is 10.6 Å². The zero-order chi connectivity index (χ0) is 17.6. The highest BCUT2D eigenvalue weighted by Gasteiger charge is 2.19. The highest BCUT2D eigenvalue weighted by Crippen LogP contribution is 2.24. The molecule has 25 heavy (non-hydrogen) atoms. The zero-order valence-electron chi connectivity index (χ0n) is 13.7. The number of hydrogen-bond acceptors (Lipinski definition) is 5. The number of ether oxygens (including phenoxy) is 1. The van der Waals surface area contributed by atoms with E-state index in [2.05, 4.69) is 4.98 Å². The Labute approximate surface area is 149 Å². The quantitative estimate of drug-likeness (QED) is 0.781. The number of aromatic nitrogens is 1. The van der Waals surface area contributed by atoms with Crippen molar-refractivity contribution in [1.29, 1.82) is 0 Å². The van der Waals surface area contributed by atoms with Gasteiger partial charge < -0.3 is 9.64 Å². The van der Waals surface area contributed by atoms with Crippen LogP contribution in [0.15, 0.2) is 29.6 Å².